The summed E-state index contributed by atoms with van der Waals surface area (Å²) >= 11 is 6.26. The van der Waals surface area contributed by atoms with Gasteiger partial charge in [0.1, 0.15) is 0 Å². The highest BCUT2D eigenvalue weighted by Gasteiger charge is 2.33. The number of para-hydroxylation sites is 1. The summed E-state index contributed by atoms with van der Waals surface area (Å²) in [6, 6.07) is 8.06. The molecule has 0 radical (unpaired) electrons. The van der Waals surface area contributed by atoms with E-state index in [2.05, 4.69) is 23.0 Å². The summed E-state index contributed by atoms with van der Waals surface area (Å²) in [5.74, 6) is 0.358. The molecule has 0 saturated heterocycles. The molecule has 6 heteroatoms. The molecule has 0 aliphatic carbocycles. The lowest BCUT2D eigenvalue weighted by Gasteiger charge is -2.23. The summed E-state index contributed by atoms with van der Waals surface area (Å²) in [6.07, 6.45) is 4.49. The number of anilines is 2. The first-order valence-electron chi connectivity index (χ1n) is 8.68. The molecule has 1 aromatic carbocycles. The van der Waals surface area contributed by atoms with E-state index in [0.29, 0.717) is 5.95 Å². The van der Waals surface area contributed by atoms with Crippen molar-refractivity contribution in [3.63, 3.8) is 0 Å². The van der Waals surface area contributed by atoms with Crippen LogP contribution in [0.2, 0.25) is 5.02 Å². The van der Waals surface area contributed by atoms with Crippen LogP contribution in [0.1, 0.15) is 42.7 Å². The zero-order chi connectivity index (χ0) is 18.0. The first-order chi connectivity index (χ1) is 12.0. The van der Waals surface area contributed by atoms with Gasteiger partial charge in [-0.2, -0.15) is 0 Å². The second-order valence-corrected chi connectivity index (χ2v) is 6.91. The largest absolute Gasteiger partial charge is 0.344 e. The van der Waals surface area contributed by atoms with Crippen molar-refractivity contribution in [2.45, 2.75) is 39.2 Å². The first-order valence-corrected chi connectivity index (χ1v) is 9.05. The fraction of sp³-hybridized carbons (Fsp3) is 0.421. The molecule has 0 spiro atoms. The number of fused-ring (bicyclic) bond motifs is 1. The fourth-order valence-corrected chi connectivity index (χ4v) is 3.35. The summed E-state index contributed by atoms with van der Waals surface area (Å²) < 4.78 is 0. The highest BCUT2D eigenvalue weighted by molar-refractivity contribution is 6.34. The lowest BCUT2D eigenvalue weighted by Crippen LogP contribution is -2.36. The summed E-state index contributed by atoms with van der Waals surface area (Å²) in [4.78, 5) is 25.7. The molecular formula is C19H23ClN4O. The minimum absolute atomic E-state index is 0.0807. The van der Waals surface area contributed by atoms with Gasteiger partial charge in [0.05, 0.1) is 11.2 Å². The molecule has 1 amide bonds. The second kappa shape index (κ2) is 7.40. The summed E-state index contributed by atoms with van der Waals surface area (Å²) in [7, 11) is 1.93. The van der Waals surface area contributed by atoms with Crippen LogP contribution in [0.3, 0.4) is 0 Å². The van der Waals surface area contributed by atoms with Gasteiger partial charge < -0.3 is 9.80 Å². The smallest absolute Gasteiger partial charge is 0.278 e. The average molecular weight is 359 g/mol. The molecule has 1 aromatic heterocycles. The molecule has 1 aliphatic rings. The molecule has 2 heterocycles. The monoisotopic (exact) mass is 358 g/mol. The molecule has 0 unspecified atom stereocenters. The predicted octanol–water partition coefficient (Wildman–Crippen LogP) is 3.96. The third-order valence-corrected chi connectivity index (χ3v) is 4.83. The SMILES string of the molecule is CCCCN(C)c1ncc(Cl)c(C(=O)N2c3ccccc3C[C@@H]2C)n1. The third kappa shape index (κ3) is 3.47. The van der Waals surface area contributed by atoms with Gasteiger partial charge in [-0.05, 0) is 31.4 Å². The maximum absolute atomic E-state index is 13.2. The standard InChI is InChI=1S/C19H23ClN4O/c1-4-5-10-23(3)19-21-12-15(20)17(22-19)18(25)24-13(2)11-14-8-6-7-9-16(14)24/h6-9,12-13H,4-5,10-11H2,1-3H3/t13-/m0/s1. The van der Waals surface area contributed by atoms with E-state index in [1.807, 2.05) is 37.1 Å². The van der Waals surface area contributed by atoms with Crippen molar-refractivity contribution >= 4 is 29.1 Å². The minimum Gasteiger partial charge on any atom is -0.344 e. The fourth-order valence-electron chi connectivity index (χ4n) is 3.18. The van der Waals surface area contributed by atoms with Crippen molar-refractivity contribution in [1.82, 2.24) is 9.97 Å². The van der Waals surface area contributed by atoms with Crippen molar-refractivity contribution in [3.05, 3.63) is 46.7 Å². The number of hydrogen-bond donors (Lipinski definition) is 0. The molecule has 5 nitrogen and oxygen atoms in total. The molecule has 1 atom stereocenters. The van der Waals surface area contributed by atoms with E-state index in [9.17, 15) is 4.79 Å². The van der Waals surface area contributed by atoms with E-state index in [4.69, 9.17) is 11.6 Å². The molecular weight excluding hydrogens is 336 g/mol. The van der Waals surface area contributed by atoms with Crippen LogP contribution in [0, 0.1) is 0 Å². The lowest BCUT2D eigenvalue weighted by molar-refractivity contribution is 0.0976. The maximum atomic E-state index is 13.2. The van der Waals surface area contributed by atoms with Crippen molar-refractivity contribution in [3.8, 4) is 0 Å². The van der Waals surface area contributed by atoms with Crippen LogP contribution < -0.4 is 9.80 Å². The summed E-state index contributed by atoms with van der Waals surface area (Å²) in [5.41, 5.74) is 2.38. The minimum atomic E-state index is -0.171. The van der Waals surface area contributed by atoms with Crippen LogP contribution in [0.25, 0.3) is 0 Å². The normalized spacial score (nSPS) is 16.0. The number of carbonyl (C=O) groups excluding carboxylic acids is 1. The number of halogens is 1. The predicted molar refractivity (Wildman–Crippen MR) is 102 cm³/mol. The van der Waals surface area contributed by atoms with Crippen LogP contribution in [0.4, 0.5) is 11.6 Å². The molecule has 2 aromatic rings. The Kier molecular flexibility index (Phi) is 5.23. The van der Waals surface area contributed by atoms with Crippen molar-refractivity contribution in [2.24, 2.45) is 0 Å². The van der Waals surface area contributed by atoms with Crippen LogP contribution in [-0.4, -0.2) is 35.5 Å². The Morgan fingerprint density at radius 2 is 2.16 bits per heavy atom. The van der Waals surface area contributed by atoms with Gasteiger partial charge in [-0.25, -0.2) is 9.97 Å². The van der Waals surface area contributed by atoms with Crippen LogP contribution in [-0.2, 0) is 6.42 Å². The van der Waals surface area contributed by atoms with Gasteiger partial charge in [0.25, 0.3) is 5.91 Å². The quantitative estimate of drug-likeness (QED) is 0.811. The van der Waals surface area contributed by atoms with Gasteiger partial charge in [-0.3, -0.25) is 4.79 Å². The molecule has 0 fully saturated rings. The van der Waals surface area contributed by atoms with Crippen molar-refractivity contribution in [2.75, 3.05) is 23.4 Å². The highest BCUT2D eigenvalue weighted by atomic mass is 35.5. The lowest BCUT2D eigenvalue weighted by atomic mass is 10.1. The topological polar surface area (TPSA) is 49.3 Å². The summed E-state index contributed by atoms with van der Waals surface area (Å²) in [6.45, 7) is 5.02. The van der Waals surface area contributed by atoms with E-state index in [0.717, 1.165) is 31.5 Å². The molecule has 0 saturated carbocycles. The number of carbonyl (C=O) groups is 1. The van der Waals surface area contributed by atoms with Gasteiger partial charge in [0.2, 0.25) is 5.95 Å². The van der Waals surface area contributed by atoms with Crippen molar-refractivity contribution in [1.29, 1.82) is 0 Å². The number of amides is 1. The van der Waals surface area contributed by atoms with E-state index in [1.54, 1.807) is 4.90 Å². The van der Waals surface area contributed by atoms with Crippen molar-refractivity contribution < 1.29 is 4.79 Å². The number of benzene rings is 1. The zero-order valence-electron chi connectivity index (χ0n) is 14.9. The van der Waals surface area contributed by atoms with Gasteiger partial charge >= 0.3 is 0 Å². The Morgan fingerprint density at radius 1 is 1.40 bits per heavy atom. The molecule has 0 N–H and O–H groups in total. The van der Waals surface area contributed by atoms with Gasteiger partial charge in [-0.15, -0.1) is 0 Å². The third-order valence-electron chi connectivity index (χ3n) is 4.55. The van der Waals surface area contributed by atoms with Crippen LogP contribution in [0.5, 0.6) is 0 Å². The molecule has 0 bridgehead atoms. The molecule has 132 valence electrons. The second-order valence-electron chi connectivity index (χ2n) is 6.50. The first kappa shape index (κ1) is 17.7. The number of nitrogens with zero attached hydrogens (tertiary/aromatic N) is 4. The maximum Gasteiger partial charge on any atom is 0.278 e. The van der Waals surface area contributed by atoms with Crippen LogP contribution >= 0.6 is 11.6 Å². The van der Waals surface area contributed by atoms with E-state index < -0.39 is 0 Å². The van der Waals surface area contributed by atoms with Crippen LogP contribution in [0.15, 0.2) is 30.5 Å². The molecule has 1 aliphatic heterocycles. The Bertz CT molecular complexity index is 780. The van der Waals surface area contributed by atoms with E-state index in [1.165, 1.54) is 11.8 Å². The Hall–Kier alpha value is -2.14. The summed E-state index contributed by atoms with van der Waals surface area (Å²) in [5, 5.41) is 0.286. The Morgan fingerprint density at radius 3 is 2.92 bits per heavy atom. The van der Waals surface area contributed by atoms with E-state index in [-0.39, 0.29) is 22.7 Å². The number of aromatic nitrogens is 2. The van der Waals surface area contributed by atoms with Gasteiger partial charge in [0, 0.05) is 25.3 Å². The number of unbranched alkanes of at least 4 members (excludes halogenated alkanes) is 1. The van der Waals surface area contributed by atoms with Gasteiger partial charge in [-0.1, -0.05) is 43.1 Å². The Balaban J connectivity index is 1.92. The number of rotatable bonds is 5. The molecule has 25 heavy (non-hydrogen) atoms. The number of hydrogen-bond acceptors (Lipinski definition) is 4. The zero-order valence-corrected chi connectivity index (χ0v) is 15.6. The highest BCUT2D eigenvalue weighted by Crippen LogP contribution is 2.33. The van der Waals surface area contributed by atoms with E-state index >= 15 is 0 Å². The molecule has 3 rings (SSSR count). The average Bonchev–Trinajstić information content (AvgIpc) is 2.95. The Labute approximate surface area is 153 Å². The van der Waals surface area contributed by atoms with Gasteiger partial charge in [0.15, 0.2) is 5.69 Å².